The quantitative estimate of drug-likeness (QED) is 0.478. The van der Waals surface area contributed by atoms with E-state index in [2.05, 4.69) is 24.5 Å². The highest BCUT2D eigenvalue weighted by atomic mass is 16.3. The number of aliphatic hydroxyl groups excluding tert-OH is 1. The van der Waals surface area contributed by atoms with Gasteiger partial charge in [-0.15, -0.1) is 0 Å². The Hall–Kier alpha value is -2.66. The lowest BCUT2D eigenvalue weighted by atomic mass is 9.47. The van der Waals surface area contributed by atoms with Gasteiger partial charge in [0.1, 0.15) is 6.10 Å². The molecule has 0 aromatic heterocycles. The summed E-state index contributed by atoms with van der Waals surface area (Å²) in [5.74, 6) is 2.05. The van der Waals surface area contributed by atoms with E-state index < -0.39 is 12.1 Å². The highest BCUT2D eigenvalue weighted by molar-refractivity contribution is 5.80. The van der Waals surface area contributed by atoms with Gasteiger partial charge in [0.2, 0.25) is 11.8 Å². The van der Waals surface area contributed by atoms with E-state index in [9.17, 15) is 14.7 Å². The first-order valence-electron chi connectivity index (χ1n) is 14.7. The minimum absolute atomic E-state index is 0.0225. The van der Waals surface area contributed by atoms with E-state index in [-0.39, 0.29) is 28.6 Å². The van der Waals surface area contributed by atoms with Crippen LogP contribution >= 0.6 is 0 Å². The fourth-order valence-corrected chi connectivity index (χ4v) is 9.23. The van der Waals surface area contributed by atoms with Crippen LogP contribution in [-0.2, 0) is 9.59 Å². The number of hydrogen-bond acceptors (Lipinski definition) is 3. The highest BCUT2D eigenvalue weighted by Gasteiger charge is 2.61. The van der Waals surface area contributed by atoms with Crippen LogP contribution in [0.15, 0.2) is 60.7 Å². The van der Waals surface area contributed by atoms with Gasteiger partial charge in [-0.1, -0.05) is 74.5 Å². The van der Waals surface area contributed by atoms with Gasteiger partial charge < -0.3 is 15.7 Å². The molecule has 5 nitrogen and oxygen atoms in total. The second-order valence-electron chi connectivity index (χ2n) is 13.0. The first-order valence-corrected chi connectivity index (χ1v) is 14.7. The fraction of sp³-hybridized carbons (Fsp3) is 0.576. The number of hydrogen-bond donors (Lipinski definition) is 3. The lowest BCUT2D eigenvalue weighted by Gasteiger charge is -2.60. The maximum absolute atomic E-state index is 14.0. The van der Waals surface area contributed by atoms with Gasteiger partial charge in [0, 0.05) is 18.4 Å². The summed E-state index contributed by atoms with van der Waals surface area (Å²) in [7, 11) is 0. The molecule has 6 rings (SSSR count). The molecule has 0 spiro atoms. The number of aliphatic hydroxyl groups is 1. The molecule has 0 radical (unpaired) electrons. The van der Waals surface area contributed by atoms with Crippen LogP contribution in [0.25, 0.3) is 0 Å². The number of carbonyl (C=O) groups is 2. The van der Waals surface area contributed by atoms with E-state index in [0.717, 1.165) is 56.1 Å². The molecule has 1 heterocycles. The Morgan fingerprint density at radius 2 is 1.53 bits per heavy atom. The predicted octanol–water partition coefficient (Wildman–Crippen LogP) is 5.71. The molecule has 38 heavy (non-hydrogen) atoms. The normalized spacial score (nSPS) is 37.7. The van der Waals surface area contributed by atoms with E-state index in [1.54, 1.807) is 0 Å². The van der Waals surface area contributed by atoms with Gasteiger partial charge >= 0.3 is 0 Å². The summed E-state index contributed by atoms with van der Waals surface area (Å²) in [5.41, 5.74) is 1.88. The number of piperidine rings is 1. The lowest BCUT2D eigenvalue weighted by molar-refractivity contribution is -0.142. The fourth-order valence-electron chi connectivity index (χ4n) is 9.23. The molecular formula is C33H42N2O3. The van der Waals surface area contributed by atoms with Crippen LogP contribution in [0.1, 0.15) is 88.5 Å². The maximum Gasteiger partial charge on any atom is 0.224 e. The van der Waals surface area contributed by atoms with Crippen molar-refractivity contribution in [3.63, 3.8) is 0 Å². The van der Waals surface area contributed by atoms with E-state index in [0.29, 0.717) is 30.2 Å². The first-order chi connectivity index (χ1) is 18.3. The monoisotopic (exact) mass is 514 g/mol. The molecule has 2 unspecified atom stereocenters. The number of nitrogens with one attached hydrogen (secondary N) is 2. The average molecular weight is 515 g/mol. The highest BCUT2D eigenvalue weighted by Crippen LogP contribution is 2.65. The molecule has 202 valence electrons. The van der Waals surface area contributed by atoms with Crippen LogP contribution < -0.4 is 10.6 Å². The molecule has 0 bridgehead atoms. The molecule has 5 heteroatoms. The molecule has 4 fully saturated rings. The number of amides is 2. The Morgan fingerprint density at radius 1 is 0.868 bits per heavy atom. The minimum atomic E-state index is -0.819. The Labute approximate surface area is 226 Å². The average Bonchev–Trinajstić information content (AvgIpc) is 3.30. The zero-order chi connectivity index (χ0) is 26.5. The summed E-state index contributed by atoms with van der Waals surface area (Å²) in [6, 6.07) is 19.3. The molecule has 9 atom stereocenters. The van der Waals surface area contributed by atoms with Crippen molar-refractivity contribution in [2.45, 2.75) is 83.4 Å². The van der Waals surface area contributed by atoms with Crippen LogP contribution in [0.3, 0.4) is 0 Å². The van der Waals surface area contributed by atoms with Gasteiger partial charge in [0.15, 0.2) is 0 Å². The van der Waals surface area contributed by atoms with Crippen LogP contribution in [0.5, 0.6) is 0 Å². The molecule has 3 N–H and O–H groups in total. The smallest absolute Gasteiger partial charge is 0.224 e. The number of rotatable bonds is 5. The molecule has 2 aromatic rings. The summed E-state index contributed by atoms with van der Waals surface area (Å²) >= 11 is 0. The van der Waals surface area contributed by atoms with Crippen molar-refractivity contribution >= 4 is 11.8 Å². The third kappa shape index (κ3) is 4.18. The standard InChI is InChI=1S/C33H42N2O3/c1-32-19-17-25-23(13-16-27-33(25,2)20-18-28(36)34-27)24(32)14-15-26(32)31(38)35-29(21-9-5-3-6-10-21)30(37)22-11-7-4-8-12-22/h3-12,23-27,29-30,37H,13-20H2,1-2H3,(H,34,36)(H,35,38)/t23-,24-,25+,26?,27?,29-,30-,32-,33+/m0/s1. The Bertz CT molecular complexity index is 1170. The summed E-state index contributed by atoms with van der Waals surface area (Å²) < 4.78 is 0. The Morgan fingerprint density at radius 3 is 2.24 bits per heavy atom. The summed E-state index contributed by atoms with van der Waals surface area (Å²) in [4.78, 5) is 26.2. The van der Waals surface area contributed by atoms with Crippen molar-refractivity contribution in [1.82, 2.24) is 10.6 Å². The van der Waals surface area contributed by atoms with E-state index >= 15 is 0 Å². The van der Waals surface area contributed by atoms with Crippen molar-refractivity contribution in [1.29, 1.82) is 0 Å². The van der Waals surface area contributed by atoms with Crippen LogP contribution in [0, 0.1) is 34.5 Å². The third-order valence-corrected chi connectivity index (χ3v) is 11.3. The van der Waals surface area contributed by atoms with Crippen molar-refractivity contribution in [3.8, 4) is 0 Å². The van der Waals surface area contributed by atoms with Crippen LogP contribution in [0.2, 0.25) is 0 Å². The number of fused-ring (bicyclic) bond motifs is 5. The Kier molecular flexibility index (Phi) is 6.62. The first kappa shape index (κ1) is 25.6. The maximum atomic E-state index is 14.0. The van der Waals surface area contributed by atoms with Crippen molar-refractivity contribution in [3.05, 3.63) is 71.8 Å². The van der Waals surface area contributed by atoms with Gasteiger partial charge in [-0.2, -0.15) is 0 Å². The minimum Gasteiger partial charge on any atom is -0.386 e. The molecule has 3 saturated carbocycles. The summed E-state index contributed by atoms with van der Waals surface area (Å²) in [6.07, 6.45) is 7.24. The molecule has 1 aliphatic heterocycles. The molecule has 2 aromatic carbocycles. The number of carbonyl (C=O) groups excluding carboxylic acids is 2. The topological polar surface area (TPSA) is 78.4 Å². The second-order valence-corrected chi connectivity index (χ2v) is 13.0. The zero-order valence-corrected chi connectivity index (χ0v) is 22.7. The largest absolute Gasteiger partial charge is 0.386 e. The van der Waals surface area contributed by atoms with Gasteiger partial charge in [0.05, 0.1) is 6.04 Å². The summed E-state index contributed by atoms with van der Waals surface area (Å²) in [5, 5.41) is 18.0. The molecule has 1 saturated heterocycles. The van der Waals surface area contributed by atoms with Crippen LogP contribution in [-0.4, -0.2) is 23.0 Å². The SMILES string of the molecule is C[C@]12CCC(=O)NC1CC[C@@H]1[C@H]2CC[C@]2(C)C(C(=O)N[C@@H](c3ccccc3)[C@@H](O)c3ccccc3)CC[C@@H]12. The second kappa shape index (κ2) is 9.82. The predicted molar refractivity (Wildman–Crippen MR) is 148 cm³/mol. The van der Waals surface area contributed by atoms with Crippen molar-refractivity contribution < 1.29 is 14.7 Å². The van der Waals surface area contributed by atoms with Crippen molar-refractivity contribution in [2.24, 2.45) is 34.5 Å². The van der Waals surface area contributed by atoms with Gasteiger partial charge in [-0.3, -0.25) is 9.59 Å². The number of benzene rings is 2. The lowest BCUT2D eigenvalue weighted by Crippen LogP contribution is -2.61. The molecule has 2 amide bonds. The van der Waals surface area contributed by atoms with Gasteiger partial charge in [-0.25, -0.2) is 0 Å². The molecular weight excluding hydrogens is 472 g/mol. The third-order valence-electron chi connectivity index (χ3n) is 11.3. The van der Waals surface area contributed by atoms with E-state index in [1.165, 1.54) is 0 Å². The van der Waals surface area contributed by atoms with Crippen LogP contribution in [0.4, 0.5) is 0 Å². The Balaban J connectivity index is 1.22. The molecule has 3 aliphatic carbocycles. The van der Waals surface area contributed by atoms with Gasteiger partial charge in [0.25, 0.3) is 0 Å². The van der Waals surface area contributed by atoms with Crippen molar-refractivity contribution in [2.75, 3.05) is 0 Å². The zero-order valence-electron chi connectivity index (χ0n) is 22.7. The summed E-state index contributed by atoms with van der Waals surface area (Å²) in [6.45, 7) is 4.79. The van der Waals surface area contributed by atoms with E-state index in [4.69, 9.17) is 0 Å². The molecule has 4 aliphatic rings. The van der Waals surface area contributed by atoms with Gasteiger partial charge in [-0.05, 0) is 84.7 Å². The van der Waals surface area contributed by atoms with E-state index in [1.807, 2.05) is 60.7 Å².